The van der Waals surface area contributed by atoms with Crippen molar-refractivity contribution in [3.05, 3.63) is 0 Å². The fraction of sp³-hybridized carbons (Fsp3) is 0.917. The first-order chi connectivity index (χ1) is 7.81. The molecule has 0 aromatic rings. The fourth-order valence-electron chi connectivity index (χ4n) is 1.43. The Kier molecular flexibility index (Phi) is 12.0. The molecule has 0 spiro atoms. The Balaban J connectivity index is 3.09. The number of carbonyl (C=O) groups excluding carboxylic acids is 1. The van der Waals surface area contributed by atoms with Gasteiger partial charge in [-0.3, -0.25) is 4.79 Å². The first kappa shape index (κ1) is 15.4. The molecule has 0 aromatic carbocycles. The van der Waals surface area contributed by atoms with Crippen LogP contribution in [-0.2, 0) is 9.53 Å². The predicted molar refractivity (Wildman–Crippen MR) is 66.3 cm³/mol. The molecule has 0 saturated carbocycles. The molecule has 4 nitrogen and oxygen atoms in total. The number of unbranched alkanes of at least 4 members (excludes halogenated alkanes) is 5. The van der Waals surface area contributed by atoms with Crippen LogP contribution in [0.25, 0.3) is 0 Å². The minimum Gasteiger partial charge on any atom is -0.370 e. The number of nitrogens with two attached hydrogens (primary N) is 1. The number of nitrogens with one attached hydrogen (secondary N) is 1. The van der Waals surface area contributed by atoms with Crippen molar-refractivity contribution in [3.8, 4) is 0 Å². The fourth-order valence-corrected chi connectivity index (χ4v) is 1.43. The number of amides is 1. The zero-order valence-electron chi connectivity index (χ0n) is 10.5. The molecule has 0 atom stereocenters. The van der Waals surface area contributed by atoms with Crippen LogP contribution in [0.15, 0.2) is 0 Å². The summed E-state index contributed by atoms with van der Waals surface area (Å²) in [6.45, 7) is 4.01. The van der Waals surface area contributed by atoms with E-state index < -0.39 is 0 Å². The molecule has 4 heteroatoms. The lowest BCUT2D eigenvalue weighted by Gasteiger charge is -2.05. The number of rotatable bonds is 11. The molecule has 0 saturated heterocycles. The molecule has 1 amide bonds. The van der Waals surface area contributed by atoms with E-state index in [2.05, 4.69) is 12.2 Å². The first-order valence-corrected chi connectivity index (χ1v) is 6.35. The van der Waals surface area contributed by atoms with Gasteiger partial charge >= 0.3 is 0 Å². The van der Waals surface area contributed by atoms with Crippen LogP contribution in [0.5, 0.6) is 0 Å². The van der Waals surface area contributed by atoms with Gasteiger partial charge in [0.05, 0.1) is 6.61 Å². The van der Waals surface area contributed by atoms with Crippen LogP contribution in [0.2, 0.25) is 0 Å². The van der Waals surface area contributed by atoms with Crippen molar-refractivity contribution >= 4 is 5.91 Å². The normalized spacial score (nSPS) is 10.4. The maximum absolute atomic E-state index is 11.2. The highest BCUT2D eigenvalue weighted by Crippen LogP contribution is 2.03. The molecule has 0 aliphatic carbocycles. The molecule has 0 radical (unpaired) electrons. The molecule has 96 valence electrons. The van der Waals surface area contributed by atoms with E-state index in [0.717, 1.165) is 13.0 Å². The van der Waals surface area contributed by atoms with E-state index in [1.807, 2.05) is 0 Å². The summed E-state index contributed by atoms with van der Waals surface area (Å²) in [5.41, 5.74) is 5.24. The number of carbonyl (C=O) groups is 1. The second-order valence-corrected chi connectivity index (χ2v) is 3.96. The second kappa shape index (κ2) is 12.5. The summed E-state index contributed by atoms with van der Waals surface area (Å²) >= 11 is 0. The van der Waals surface area contributed by atoms with Crippen LogP contribution in [-0.4, -0.2) is 32.2 Å². The zero-order chi connectivity index (χ0) is 12.1. The molecule has 0 bridgehead atoms. The topological polar surface area (TPSA) is 64.3 Å². The van der Waals surface area contributed by atoms with Crippen molar-refractivity contribution in [2.24, 2.45) is 5.73 Å². The van der Waals surface area contributed by atoms with E-state index in [1.54, 1.807) is 0 Å². The van der Waals surface area contributed by atoms with Gasteiger partial charge in [0, 0.05) is 13.1 Å². The van der Waals surface area contributed by atoms with Crippen molar-refractivity contribution in [2.45, 2.75) is 45.4 Å². The molecule has 0 fully saturated rings. The Hall–Kier alpha value is -0.610. The Morgan fingerprint density at radius 2 is 1.88 bits per heavy atom. The average molecular weight is 230 g/mol. The number of hydrogen-bond acceptors (Lipinski definition) is 3. The van der Waals surface area contributed by atoms with Crippen LogP contribution in [0.1, 0.15) is 45.4 Å². The van der Waals surface area contributed by atoms with Gasteiger partial charge in [-0.05, 0) is 6.42 Å². The van der Waals surface area contributed by atoms with Gasteiger partial charge in [-0.15, -0.1) is 0 Å². The lowest BCUT2D eigenvalue weighted by Crippen LogP contribution is -2.29. The molecule has 16 heavy (non-hydrogen) atoms. The zero-order valence-corrected chi connectivity index (χ0v) is 10.5. The highest BCUT2D eigenvalue weighted by molar-refractivity contribution is 5.77. The van der Waals surface area contributed by atoms with Crippen molar-refractivity contribution < 1.29 is 9.53 Å². The summed E-state index contributed by atoms with van der Waals surface area (Å²) in [6, 6.07) is 0. The highest BCUT2D eigenvalue weighted by Gasteiger charge is 1.99. The number of hydrogen-bond donors (Lipinski definition) is 2. The van der Waals surface area contributed by atoms with Gasteiger partial charge in [-0.1, -0.05) is 39.0 Å². The average Bonchev–Trinajstić information content (AvgIpc) is 2.28. The predicted octanol–water partition coefficient (Wildman–Crippen LogP) is 1.44. The third-order valence-corrected chi connectivity index (χ3v) is 2.35. The molecule has 0 unspecified atom stereocenters. The van der Waals surface area contributed by atoms with Gasteiger partial charge in [0.1, 0.15) is 6.61 Å². The molecule has 0 aliphatic heterocycles. The summed E-state index contributed by atoms with van der Waals surface area (Å²) in [7, 11) is 0. The lowest BCUT2D eigenvalue weighted by atomic mass is 10.1. The summed E-state index contributed by atoms with van der Waals surface area (Å²) in [4.78, 5) is 11.2. The van der Waals surface area contributed by atoms with E-state index >= 15 is 0 Å². The van der Waals surface area contributed by atoms with Crippen LogP contribution in [0.4, 0.5) is 0 Å². The van der Waals surface area contributed by atoms with Crippen LogP contribution in [0.3, 0.4) is 0 Å². The standard InChI is InChI=1S/C12H26N2O2/c1-2-3-4-5-6-7-9-14-12(15)11-16-10-8-13/h2-11,13H2,1H3,(H,14,15). The van der Waals surface area contributed by atoms with Gasteiger partial charge in [0.15, 0.2) is 0 Å². The van der Waals surface area contributed by atoms with Gasteiger partial charge in [0.25, 0.3) is 0 Å². The molecule has 0 rings (SSSR count). The van der Waals surface area contributed by atoms with Crippen molar-refractivity contribution in [3.63, 3.8) is 0 Å². The smallest absolute Gasteiger partial charge is 0.245 e. The van der Waals surface area contributed by atoms with E-state index in [9.17, 15) is 4.79 Å². The highest BCUT2D eigenvalue weighted by atomic mass is 16.5. The van der Waals surface area contributed by atoms with E-state index in [-0.39, 0.29) is 12.5 Å². The Morgan fingerprint density at radius 3 is 2.56 bits per heavy atom. The molecular formula is C12H26N2O2. The van der Waals surface area contributed by atoms with Gasteiger partial charge < -0.3 is 15.8 Å². The first-order valence-electron chi connectivity index (χ1n) is 6.35. The van der Waals surface area contributed by atoms with E-state index in [1.165, 1.54) is 32.1 Å². The van der Waals surface area contributed by atoms with Gasteiger partial charge in [-0.2, -0.15) is 0 Å². The quantitative estimate of drug-likeness (QED) is 0.528. The minimum absolute atomic E-state index is 0.0398. The largest absolute Gasteiger partial charge is 0.370 e. The molecule has 3 N–H and O–H groups in total. The molecular weight excluding hydrogens is 204 g/mol. The summed E-state index contributed by atoms with van der Waals surface area (Å²) in [5, 5.41) is 2.83. The Bertz CT molecular complexity index is 163. The minimum atomic E-state index is -0.0398. The Morgan fingerprint density at radius 1 is 1.19 bits per heavy atom. The second-order valence-electron chi connectivity index (χ2n) is 3.96. The molecule has 0 aliphatic rings. The van der Waals surface area contributed by atoms with Crippen LogP contribution >= 0.6 is 0 Å². The van der Waals surface area contributed by atoms with Gasteiger partial charge in [-0.25, -0.2) is 0 Å². The molecule has 0 aromatic heterocycles. The van der Waals surface area contributed by atoms with E-state index in [4.69, 9.17) is 10.5 Å². The maximum atomic E-state index is 11.2. The van der Waals surface area contributed by atoms with Crippen molar-refractivity contribution in [1.82, 2.24) is 5.32 Å². The lowest BCUT2D eigenvalue weighted by molar-refractivity contribution is -0.125. The monoisotopic (exact) mass is 230 g/mol. The third kappa shape index (κ3) is 11.5. The van der Waals surface area contributed by atoms with Crippen molar-refractivity contribution in [1.29, 1.82) is 0 Å². The third-order valence-electron chi connectivity index (χ3n) is 2.35. The van der Waals surface area contributed by atoms with Crippen LogP contribution in [0, 0.1) is 0 Å². The van der Waals surface area contributed by atoms with Crippen LogP contribution < -0.4 is 11.1 Å². The van der Waals surface area contributed by atoms with E-state index in [0.29, 0.717) is 13.2 Å². The van der Waals surface area contributed by atoms with Gasteiger partial charge in [0.2, 0.25) is 5.91 Å². The summed E-state index contributed by atoms with van der Waals surface area (Å²) in [6.07, 6.45) is 7.43. The SMILES string of the molecule is CCCCCCCCNC(=O)COCCN. The van der Waals surface area contributed by atoms with Crippen molar-refractivity contribution in [2.75, 3.05) is 26.3 Å². The summed E-state index contributed by atoms with van der Waals surface area (Å²) in [5.74, 6) is -0.0398. The summed E-state index contributed by atoms with van der Waals surface area (Å²) < 4.78 is 5.02. The molecule has 0 heterocycles. The maximum Gasteiger partial charge on any atom is 0.245 e. The Labute approximate surface area is 98.9 Å². The number of ether oxygens (including phenoxy) is 1.